The predicted molar refractivity (Wildman–Crippen MR) is 89.5 cm³/mol. The summed E-state index contributed by atoms with van der Waals surface area (Å²) in [6, 6.07) is 6.00. The highest BCUT2D eigenvalue weighted by molar-refractivity contribution is 6.03. The third-order valence-corrected chi connectivity index (χ3v) is 3.68. The summed E-state index contributed by atoms with van der Waals surface area (Å²) in [5.74, 6) is -0.675. The molecule has 0 bridgehead atoms. The van der Waals surface area contributed by atoms with Crippen molar-refractivity contribution < 1.29 is 27.4 Å². The Balaban J connectivity index is 1.56. The van der Waals surface area contributed by atoms with Crippen molar-refractivity contribution in [2.45, 2.75) is 12.3 Å². The van der Waals surface area contributed by atoms with Crippen LogP contribution in [0.15, 0.2) is 36.7 Å². The average Bonchev–Trinajstić information content (AvgIpc) is 2.67. The zero-order valence-corrected chi connectivity index (χ0v) is 14.1. The first-order chi connectivity index (χ1) is 12.9. The summed E-state index contributed by atoms with van der Waals surface area (Å²) < 4.78 is 46.4. The number of morpholine rings is 1. The molecule has 0 radical (unpaired) electrons. The number of carbonyl (C=O) groups excluding carboxylic acids is 1. The lowest BCUT2D eigenvalue weighted by Gasteiger charge is -2.23. The van der Waals surface area contributed by atoms with Crippen molar-refractivity contribution in [3.63, 3.8) is 0 Å². The summed E-state index contributed by atoms with van der Waals surface area (Å²) in [6.45, 7) is 0.649. The Labute approximate surface area is 152 Å². The molecule has 3 heterocycles. The summed E-state index contributed by atoms with van der Waals surface area (Å²) in [6.07, 6.45) is -1.92. The van der Waals surface area contributed by atoms with Crippen molar-refractivity contribution in [3.8, 4) is 5.88 Å². The van der Waals surface area contributed by atoms with Gasteiger partial charge in [0.2, 0.25) is 5.88 Å². The summed E-state index contributed by atoms with van der Waals surface area (Å²) in [5, 5.41) is 5.85. The molecule has 1 amide bonds. The van der Waals surface area contributed by atoms with Crippen LogP contribution in [0.4, 0.5) is 18.9 Å². The van der Waals surface area contributed by atoms with E-state index in [4.69, 9.17) is 4.74 Å². The molecule has 1 atom stereocenters. The molecule has 144 valence electrons. The fourth-order valence-corrected chi connectivity index (χ4v) is 2.38. The first-order valence-electron chi connectivity index (χ1n) is 8.16. The SMILES string of the molecule is O=C(Nc1ccc(C2CNCCO2)nc1)c1ccc(OCC(F)(F)F)nc1. The first kappa shape index (κ1) is 19.1. The number of anilines is 1. The lowest BCUT2D eigenvalue weighted by atomic mass is 10.2. The maximum Gasteiger partial charge on any atom is 0.422 e. The second-order valence-corrected chi connectivity index (χ2v) is 5.78. The van der Waals surface area contributed by atoms with Crippen LogP contribution < -0.4 is 15.4 Å². The zero-order valence-electron chi connectivity index (χ0n) is 14.1. The van der Waals surface area contributed by atoms with Crippen molar-refractivity contribution in [3.05, 3.63) is 47.9 Å². The van der Waals surface area contributed by atoms with Gasteiger partial charge in [-0.2, -0.15) is 13.2 Å². The lowest BCUT2D eigenvalue weighted by Crippen LogP contribution is -2.33. The molecular weight excluding hydrogens is 365 g/mol. The minimum Gasteiger partial charge on any atom is -0.468 e. The number of aromatic nitrogens is 2. The van der Waals surface area contributed by atoms with Crippen LogP contribution in [0.3, 0.4) is 0 Å². The molecule has 2 N–H and O–H groups in total. The van der Waals surface area contributed by atoms with Gasteiger partial charge in [0, 0.05) is 25.4 Å². The number of amides is 1. The molecule has 1 unspecified atom stereocenters. The van der Waals surface area contributed by atoms with Crippen molar-refractivity contribution >= 4 is 11.6 Å². The standard InChI is InChI=1S/C17H17F3N4O3/c18-17(19,20)10-27-15-4-1-11(7-23-15)16(25)24-12-2-3-13(22-8-12)14-9-21-5-6-26-14/h1-4,7-8,14,21H,5-6,9-10H2,(H,24,25). The summed E-state index contributed by atoms with van der Waals surface area (Å²) in [7, 11) is 0. The maximum absolute atomic E-state index is 12.2. The van der Waals surface area contributed by atoms with Gasteiger partial charge >= 0.3 is 6.18 Å². The van der Waals surface area contributed by atoms with E-state index >= 15 is 0 Å². The van der Waals surface area contributed by atoms with Crippen molar-refractivity contribution in [2.75, 3.05) is 31.6 Å². The summed E-state index contributed by atoms with van der Waals surface area (Å²) in [5.41, 5.74) is 1.41. The number of hydrogen-bond acceptors (Lipinski definition) is 6. The molecule has 1 aliphatic rings. The van der Waals surface area contributed by atoms with E-state index in [1.54, 1.807) is 12.1 Å². The highest BCUT2D eigenvalue weighted by atomic mass is 19.4. The molecule has 1 saturated heterocycles. The van der Waals surface area contributed by atoms with Gasteiger partial charge in [0.05, 0.1) is 29.7 Å². The largest absolute Gasteiger partial charge is 0.468 e. The number of carbonyl (C=O) groups is 1. The molecular formula is C17H17F3N4O3. The maximum atomic E-state index is 12.2. The third kappa shape index (κ3) is 5.63. The molecule has 0 aliphatic carbocycles. The molecule has 2 aromatic heterocycles. The third-order valence-electron chi connectivity index (χ3n) is 3.68. The van der Waals surface area contributed by atoms with Crippen LogP contribution in [-0.4, -0.2) is 48.4 Å². The first-order valence-corrected chi connectivity index (χ1v) is 8.16. The molecule has 27 heavy (non-hydrogen) atoms. The predicted octanol–water partition coefficient (Wildman–Crippen LogP) is 2.33. The highest BCUT2D eigenvalue weighted by Crippen LogP contribution is 2.19. The number of ether oxygens (including phenoxy) is 2. The zero-order chi connectivity index (χ0) is 19.3. The monoisotopic (exact) mass is 382 g/mol. The minimum atomic E-state index is -4.45. The van der Waals surface area contributed by atoms with Gasteiger partial charge < -0.3 is 20.1 Å². The van der Waals surface area contributed by atoms with E-state index in [0.717, 1.165) is 18.4 Å². The molecule has 0 spiro atoms. The van der Waals surface area contributed by atoms with Gasteiger partial charge in [0.25, 0.3) is 5.91 Å². The second-order valence-electron chi connectivity index (χ2n) is 5.78. The van der Waals surface area contributed by atoms with Crippen molar-refractivity contribution in [1.82, 2.24) is 15.3 Å². The summed E-state index contributed by atoms with van der Waals surface area (Å²) >= 11 is 0. The Bertz CT molecular complexity index is 760. The number of nitrogens with one attached hydrogen (secondary N) is 2. The van der Waals surface area contributed by atoms with E-state index in [-0.39, 0.29) is 17.5 Å². The molecule has 3 rings (SSSR count). The van der Waals surface area contributed by atoms with Gasteiger partial charge in [0.15, 0.2) is 6.61 Å². The van der Waals surface area contributed by atoms with E-state index in [1.807, 2.05) is 0 Å². The fraction of sp³-hybridized carbons (Fsp3) is 0.353. The quantitative estimate of drug-likeness (QED) is 0.826. The van der Waals surface area contributed by atoms with Crippen LogP contribution in [0.1, 0.15) is 22.2 Å². The number of halogens is 3. The van der Waals surface area contributed by atoms with Gasteiger partial charge in [-0.1, -0.05) is 0 Å². The minimum absolute atomic E-state index is 0.128. The van der Waals surface area contributed by atoms with E-state index < -0.39 is 18.7 Å². The Morgan fingerprint density at radius 3 is 2.70 bits per heavy atom. The van der Waals surface area contributed by atoms with Gasteiger partial charge in [-0.3, -0.25) is 9.78 Å². The smallest absolute Gasteiger partial charge is 0.422 e. The molecule has 7 nitrogen and oxygen atoms in total. The Morgan fingerprint density at radius 2 is 2.11 bits per heavy atom. The van der Waals surface area contributed by atoms with Crippen LogP contribution in [0, 0.1) is 0 Å². The van der Waals surface area contributed by atoms with Gasteiger partial charge in [-0.15, -0.1) is 0 Å². The number of nitrogens with zero attached hydrogens (tertiary/aromatic N) is 2. The van der Waals surface area contributed by atoms with E-state index in [1.165, 1.54) is 18.3 Å². The highest BCUT2D eigenvalue weighted by Gasteiger charge is 2.28. The van der Waals surface area contributed by atoms with Crippen LogP contribution >= 0.6 is 0 Å². The second kappa shape index (κ2) is 8.31. The number of pyridine rings is 2. The van der Waals surface area contributed by atoms with Gasteiger partial charge in [-0.05, 0) is 18.2 Å². The Kier molecular flexibility index (Phi) is 5.87. The van der Waals surface area contributed by atoms with Crippen LogP contribution in [0.5, 0.6) is 5.88 Å². The normalized spacial score (nSPS) is 17.4. The van der Waals surface area contributed by atoms with Crippen molar-refractivity contribution in [1.29, 1.82) is 0 Å². The van der Waals surface area contributed by atoms with E-state index in [2.05, 4.69) is 25.3 Å². The number of rotatable bonds is 5. The van der Waals surface area contributed by atoms with E-state index in [9.17, 15) is 18.0 Å². The Hall–Kier alpha value is -2.72. The molecule has 0 aromatic carbocycles. The fourth-order valence-electron chi connectivity index (χ4n) is 2.38. The van der Waals surface area contributed by atoms with Gasteiger partial charge in [-0.25, -0.2) is 4.98 Å². The topological polar surface area (TPSA) is 85.4 Å². The molecule has 0 saturated carbocycles. The van der Waals surface area contributed by atoms with Crippen LogP contribution in [0.25, 0.3) is 0 Å². The van der Waals surface area contributed by atoms with Crippen LogP contribution in [-0.2, 0) is 4.74 Å². The molecule has 1 fully saturated rings. The summed E-state index contributed by atoms with van der Waals surface area (Å²) in [4.78, 5) is 20.2. The molecule has 1 aliphatic heterocycles. The van der Waals surface area contributed by atoms with E-state index in [0.29, 0.717) is 18.8 Å². The molecule has 2 aromatic rings. The number of hydrogen-bond donors (Lipinski definition) is 2. The number of alkyl halides is 3. The van der Waals surface area contributed by atoms with Crippen molar-refractivity contribution in [2.24, 2.45) is 0 Å². The van der Waals surface area contributed by atoms with Crippen LogP contribution in [0.2, 0.25) is 0 Å². The Morgan fingerprint density at radius 1 is 1.26 bits per heavy atom. The molecule has 10 heteroatoms. The lowest BCUT2D eigenvalue weighted by molar-refractivity contribution is -0.154. The average molecular weight is 382 g/mol. The van der Waals surface area contributed by atoms with Gasteiger partial charge in [0.1, 0.15) is 6.10 Å².